The van der Waals surface area contributed by atoms with Crippen LogP contribution < -0.4 is 10.6 Å². The molecule has 0 radical (unpaired) electrons. The Morgan fingerprint density at radius 2 is 1.70 bits per heavy atom. The minimum atomic E-state index is -0.619. The molecule has 0 unspecified atom stereocenters. The van der Waals surface area contributed by atoms with E-state index in [0.717, 1.165) is 23.9 Å². The van der Waals surface area contributed by atoms with Crippen molar-refractivity contribution in [2.75, 3.05) is 32.7 Å². The molecular formula is C19H23N5O6. The minimum Gasteiger partial charge on any atom is -0.343 e. The summed E-state index contributed by atoms with van der Waals surface area (Å²) in [4.78, 5) is 61.0. The molecule has 0 saturated carbocycles. The van der Waals surface area contributed by atoms with Crippen molar-refractivity contribution in [2.45, 2.75) is 25.7 Å². The molecule has 160 valence electrons. The number of nitro groups is 1. The van der Waals surface area contributed by atoms with Gasteiger partial charge in [-0.05, 0) is 25.3 Å². The predicted molar refractivity (Wildman–Crippen MR) is 105 cm³/mol. The van der Waals surface area contributed by atoms with Crippen LogP contribution in [0.4, 0.5) is 10.5 Å². The van der Waals surface area contributed by atoms with Crippen LogP contribution in [0.2, 0.25) is 0 Å². The van der Waals surface area contributed by atoms with E-state index in [2.05, 4.69) is 10.6 Å². The number of hydrogen-bond donors (Lipinski definition) is 2. The molecule has 2 aliphatic rings. The van der Waals surface area contributed by atoms with Crippen molar-refractivity contribution < 1.29 is 24.1 Å². The third kappa shape index (κ3) is 4.73. The topological polar surface area (TPSA) is 142 Å². The molecule has 0 aromatic heterocycles. The van der Waals surface area contributed by atoms with E-state index >= 15 is 0 Å². The van der Waals surface area contributed by atoms with Crippen molar-refractivity contribution in [1.29, 1.82) is 0 Å². The number of benzene rings is 1. The van der Waals surface area contributed by atoms with Crippen molar-refractivity contribution >= 4 is 29.4 Å². The molecule has 0 aliphatic carbocycles. The average molecular weight is 417 g/mol. The van der Waals surface area contributed by atoms with Gasteiger partial charge in [-0.2, -0.15) is 0 Å². The van der Waals surface area contributed by atoms with E-state index in [0.29, 0.717) is 32.4 Å². The maximum Gasteiger partial charge on any atom is 0.314 e. The molecule has 30 heavy (non-hydrogen) atoms. The van der Waals surface area contributed by atoms with E-state index < -0.39 is 16.7 Å². The smallest absolute Gasteiger partial charge is 0.314 e. The number of likely N-dealkylation sites (tertiary alicyclic amines) is 1. The van der Waals surface area contributed by atoms with E-state index in [1.165, 1.54) is 12.1 Å². The summed E-state index contributed by atoms with van der Waals surface area (Å²) in [6, 6.07) is 3.23. The number of hydrogen-bond acceptors (Lipinski definition) is 6. The van der Waals surface area contributed by atoms with Crippen LogP contribution in [-0.4, -0.2) is 71.2 Å². The van der Waals surface area contributed by atoms with Gasteiger partial charge in [0.25, 0.3) is 17.5 Å². The summed E-state index contributed by atoms with van der Waals surface area (Å²) < 4.78 is 0. The lowest BCUT2D eigenvalue weighted by Gasteiger charge is -2.16. The standard InChI is InChI=1S/C19H23N5O6/c25-16-4-1-9-22(16)10-2-7-20-19(28)21-8-3-11-23-17(26)14-6-5-13(24(29)30)12-15(14)18(23)27/h5-6,12H,1-4,7-11H2,(H2,20,21,28). The number of rotatable bonds is 9. The van der Waals surface area contributed by atoms with Crippen molar-refractivity contribution in [1.82, 2.24) is 20.4 Å². The normalized spacial score (nSPS) is 15.5. The number of amides is 5. The molecule has 0 bridgehead atoms. The van der Waals surface area contributed by atoms with Crippen LogP contribution in [0.1, 0.15) is 46.4 Å². The van der Waals surface area contributed by atoms with E-state index in [4.69, 9.17) is 0 Å². The Bertz CT molecular complexity index is 886. The Hall–Kier alpha value is -3.50. The van der Waals surface area contributed by atoms with E-state index in [1.807, 2.05) is 0 Å². The third-order valence-electron chi connectivity index (χ3n) is 5.07. The molecule has 11 heteroatoms. The average Bonchev–Trinajstić information content (AvgIpc) is 3.23. The van der Waals surface area contributed by atoms with Crippen LogP contribution in [0.5, 0.6) is 0 Å². The van der Waals surface area contributed by atoms with Crippen LogP contribution in [-0.2, 0) is 4.79 Å². The Morgan fingerprint density at radius 1 is 1.03 bits per heavy atom. The van der Waals surface area contributed by atoms with Gasteiger partial charge in [-0.15, -0.1) is 0 Å². The molecular weight excluding hydrogens is 394 g/mol. The zero-order valence-corrected chi connectivity index (χ0v) is 16.4. The second-order valence-corrected chi connectivity index (χ2v) is 7.12. The Kier molecular flexibility index (Phi) is 6.60. The summed E-state index contributed by atoms with van der Waals surface area (Å²) in [5, 5.41) is 16.2. The largest absolute Gasteiger partial charge is 0.343 e. The minimum absolute atomic E-state index is 0.0244. The number of nitro benzene ring substituents is 1. The SMILES string of the molecule is O=C(NCCCN1CCCC1=O)NCCCN1C(=O)c2ccc([N+](=O)[O-])cc2C1=O. The van der Waals surface area contributed by atoms with Gasteiger partial charge in [0.05, 0.1) is 16.1 Å². The van der Waals surface area contributed by atoms with Crippen LogP contribution in [0.3, 0.4) is 0 Å². The van der Waals surface area contributed by atoms with Gasteiger partial charge in [0.15, 0.2) is 0 Å². The number of non-ortho nitro benzene ring substituents is 1. The lowest BCUT2D eigenvalue weighted by atomic mass is 10.1. The lowest BCUT2D eigenvalue weighted by molar-refractivity contribution is -0.384. The summed E-state index contributed by atoms with van der Waals surface area (Å²) in [6.45, 7) is 2.18. The van der Waals surface area contributed by atoms with Crippen LogP contribution in [0.15, 0.2) is 18.2 Å². The zero-order valence-electron chi connectivity index (χ0n) is 16.4. The zero-order chi connectivity index (χ0) is 21.7. The van der Waals surface area contributed by atoms with Gasteiger partial charge in [0, 0.05) is 51.3 Å². The number of nitrogens with one attached hydrogen (secondary N) is 2. The van der Waals surface area contributed by atoms with Crippen molar-refractivity contribution in [3.63, 3.8) is 0 Å². The van der Waals surface area contributed by atoms with Crippen molar-refractivity contribution in [2.24, 2.45) is 0 Å². The van der Waals surface area contributed by atoms with Crippen molar-refractivity contribution in [3.05, 3.63) is 39.4 Å². The molecule has 1 saturated heterocycles. The fourth-order valence-electron chi connectivity index (χ4n) is 3.51. The highest BCUT2D eigenvalue weighted by atomic mass is 16.6. The number of imide groups is 1. The molecule has 11 nitrogen and oxygen atoms in total. The number of carbonyl (C=O) groups excluding carboxylic acids is 4. The van der Waals surface area contributed by atoms with E-state index in [1.54, 1.807) is 4.90 Å². The lowest BCUT2D eigenvalue weighted by Crippen LogP contribution is -2.39. The molecule has 1 aromatic rings. The second-order valence-electron chi connectivity index (χ2n) is 7.12. The highest BCUT2D eigenvalue weighted by molar-refractivity contribution is 6.21. The quantitative estimate of drug-likeness (QED) is 0.264. The number of urea groups is 1. The molecule has 2 heterocycles. The first-order valence-electron chi connectivity index (χ1n) is 9.82. The molecule has 1 aromatic carbocycles. The van der Waals surface area contributed by atoms with Crippen LogP contribution in [0, 0.1) is 10.1 Å². The van der Waals surface area contributed by atoms with Gasteiger partial charge in [0.2, 0.25) is 5.91 Å². The first kappa shape index (κ1) is 21.2. The molecule has 5 amide bonds. The number of fused-ring (bicyclic) bond motifs is 1. The van der Waals surface area contributed by atoms with Gasteiger partial charge in [0.1, 0.15) is 0 Å². The maximum atomic E-state index is 12.4. The molecule has 2 aliphatic heterocycles. The second kappa shape index (κ2) is 9.33. The Balaban J connectivity index is 1.35. The van der Waals surface area contributed by atoms with Gasteiger partial charge >= 0.3 is 6.03 Å². The van der Waals surface area contributed by atoms with Gasteiger partial charge < -0.3 is 15.5 Å². The fraction of sp³-hybridized carbons (Fsp3) is 0.474. The monoisotopic (exact) mass is 417 g/mol. The van der Waals surface area contributed by atoms with Crippen molar-refractivity contribution in [3.8, 4) is 0 Å². The third-order valence-corrected chi connectivity index (χ3v) is 5.07. The molecule has 3 rings (SSSR count). The molecule has 1 fully saturated rings. The first-order chi connectivity index (χ1) is 14.4. The summed E-state index contributed by atoms with van der Waals surface area (Å²) in [6.07, 6.45) is 2.50. The highest BCUT2D eigenvalue weighted by Crippen LogP contribution is 2.26. The van der Waals surface area contributed by atoms with Gasteiger partial charge in [-0.1, -0.05) is 0 Å². The van der Waals surface area contributed by atoms with Gasteiger partial charge in [-0.25, -0.2) is 4.79 Å². The fourth-order valence-corrected chi connectivity index (χ4v) is 3.51. The van der Waals surface area contributed by atoms with Crippen LogP contribution >= 0.6 is 0 Å². The maximum absolute atomic E-state index is 12.4. The summed E-state index contributed by atoms with van der Waals surface area (Å²) in [7, 11) is 0. The Morgan fingerprint density at radius 3 is 2.33 bits per heavy atom. The molecule has 0 atom stereocenters. The molecule has 2 N–H and O–H groups in total. The van der Waals surface area contributed by atoms with Gasteiger partial charge in [-0.3, -0.25) is 29.4 Å². The van der Waals surface area contributed by atoms with E-state index in [-0.39, 0.29) is 41.8 Å². The Labute approximate surface area is 172 Å². The number of carbonyl (C=O) groups is 4. The number of nitrogens with zero attached hydrogens (tertiary/aromatic N) is 3. The highest BCUT2D eigenvalue weighted by Gasteiger charge is 2.36. The summed E-state index contributed by atoms with van der Waals surface area (Å²) >= 11 is 0. The predicted octanol–water partition coefficient (Wildman–Crippen LogP) is 0.893. The summed E-state index contributed by atoms with van der Waals surface area (Å²) in [5.41, 5.74) is -0.0756. The molecule has 0 spiro atoms. The first-order valence-corrected chi connectivity index (χ1v) is 9.82. The van der Waals surface area contributed by atoms with E-state index in [9.17, 15) is 29.3 Å². The summed E-state index contributed by atoms with van der Waals surface area (Å²) in [5.74, 6) is -0.910. The van der Waals surface area contributed by atoms with Crippen LogP contribution in [0.25, 0.3) is 0 Å².